The third kappa shape index (κ3) is 5.18. The molecule has 1 aliphatic carbocycles. The summed E-state index contributed by atoms with van der Waals surface area (Å²) in [6.45, 7) is 6.52. The van der Waals surface area contributed by atoms with E-state index in [4.69, 9.17) is 5.26 Å². The molecular formula is C11H21N. The highest BCUT2D eigenvalue weighted by Gasteiger charge is 2.16. The summed E-state index contributed by atoms with van der Waals surface area (Å²) in [5.74, 6) is 1.25. The zero-order valence-electron chi connectivity index (χ0n) is 8.64. The molecule has 0 unspecified atom stereocenters. The summed E-state index contributed by atoms with van der Waals surface area (Å²) in [5.41, 5.74) is 0. The zero-order valence-corrected chi connectivity index (χ0v) is 8.64. The molecule has 0 aliphatic heterocycles. The van der Waals surface area contributed by atoms with E-state index < -0.39 is 0 Å². The van der Waals surface area contributed by atoms with Crippen LogP contribution in [-0.2, 0) is 0 Å². The lowest BCUT2D eigenvalue weighted by Crippen LogP contribution is -2.09. The van der Waals surface area contributed by atoms with Gasteiger partial charge in [-0.05, 0) is 31.6 Å². The first-order valence-electron chi connectivity index (χ1n) is 5.14. The lowest BCUT2D eigenvalue weighted by atomic mass is 9.84. The van der Waals surface area contributed by atoms with Crippen LogP contribution >= 0.6 is 0 Å². The van der Waals surface area contributed by atoms with Crippen molar-refractivity contribution in [2.24, 2.45) is 11.8 Å². The van der Waals surface area contributed by atoms with Crippen molar-refractivity contribution in [1.29, 1.82) is 5.26 Å². The summed E-state index contributed by atoms with van der Waals surface area (Å²) in [5, 5.41) is 8.53. The van der Waals surface area contributed by atoms with Crippen molar-refractivity contribution in [3.8, 4) is 6.07 Å². The Hall–Kier alpha value is -0.510. The molecule has 0 bridgehead atoms. The van der Waals surface area contributed by atoms with Crippen molar-refractivity contribution in [1.82, 2.24) is 0 Å². The largest absolute Gasteiger partial charge is 0.198 e. The van der Waals surface area contributed by atoms with Gasteiger partial charge in [0.2, 0.25) is 0 Å². The third-order valence-electron chi connectivity index (χ3n) is 2.20. The van der Waals surface area contributed by atoms with Gasteiger partial charge in [0, 0.05) is 5.92 Å². The molecule has 0 aromatic carbocycles. The fraction of sp³-hybridized carbons (Fsp3) is 0.909. The molecule has 1 nitrogen and oxygen atoms in total. The molecule has 1 aliphatic rings. The summed E-state index contributed by atoms with van der Waals surface area (Å²) in [6, 6.07) is 2.32. The van der Waals surface area contributed by atoms with Crippen molar-refractivity contribution in [3.05, 3.63) is 0 Å². The minimum atomic E-state index is 0.376. The predicted octanol–water partition coefficient (Wildman–Crippen LogP) is 3.75. The van der Waals surface area contributed by atoms with Crippen LogP contribution in [0, 0.1) is 23.2 Å². The molecule has 0 radical (unpaired) electrons. The standard InChI is InChI=1S/C8H13N.C3H8/c1-7-2-4-8(6-9)5-3-7;1-3-2/h7-8H,2-5H2,1H3;3H2,1-2H3. The van der Waals surface area contributed by atoms with Crippen LogP contribution in [0.5, 0.6) is 0 Å². The molecule has 0 atom stereocenters. The number of hydrogen-bond acceptors (Lipinski definition) is 1. The monoisotopic (exact) mass is 167 g/mol. The molecule has 0 aromatic rings. The lowest BCUT2D eigenvalue weighted by Gasteiger charge is -2.20. The second-order valence-electron chi connectivity index (χ2n) is 3.79. The van der Waals surface area contributed by atoms with E-state index in [1.165, 1.54) is 19.3 Å². The second-order valence-corrected chi connectivity index (χ2v) is 3.79. The predicted molar refractivity (Wildman–Crippen MR) is 52.7 cm³/mol. The molecule has 1 heteroatoms. The van der Waals surface area contributed by atoms with Crippen LogP contribution in [0.2, 0.25) is 0 Å². The maximum absolute atomic E-state index is 8.53. The van der Waals surface area contributed by atoms with Gasteiger partial charge in [-0.3, -0.25) is 0 Å². The van der Waals surface area contributed by atoms with Crippen LogP contribution in [0.25, 0.3) is 0 Å². The minimum absolute atomic E-state index is 0.376. The van der Waals surface area contributed by atoms with E-state index in [-0.39, 0.29) is 0 Å². The Morgan fingerprint density at radius 2 is 1.58 bits per heavy atom. The molecule has 0 spiro atoms. The fourth-order valence-electron chi connectivity index (χ4n) is 1.39. The molecule has 70 valence electrons. The van der Waals surface area contributed by atoms with E-state index in [2.05, 4.69) is 26.8 Å². The Bertz CT molecular complexity index is 126. The van der Waals surface area contributed by atoms with Gasteiger partial charge in [0.05, 0.1) is 6.07 Å². The van der Waals surface area contributed by atoms with E-state index in [1.807, 2.05) is 0 Å². The minimum Gasteiger partial charge on any atom is -0.198 e. The Morgan fingerprint density at radius 3 is 1.92 bits per heavy atom. The van der Waals surface area contributed by atoms with Gasteiger partial charge in [-0.25, -0.2) is 0 Å². The molecule has 1 rings (SSSR count). The number of nitriles is 1. The first-order valence-corrected chi connectivity index (χ1v) is 5.14. The summed E-state index contributed by atoms with van der Waals surface area (Å²) in [6.07, 6.45) is 6.05. The summed E-state index contributed by atoms with van der Waals surface area (Å²) < 4.78 is 0. The summed E-state index contributed by atoms with van der Waals surface area (Å²) in [7, 11) is 0. The smallest absolute Gasteiger partial charge is 0.0655 e. The van der Waals surface area contributed by atoms with Crippen LogP contribution in [0.4, 0.5) is 0 Å². The Labute approximate surface area is 76.8 Å². The maximum atomic E-state index is 8.53. The molecule has 1 saturated carbocycles. The van der Waals surface area contributed by atoms with Crippen LogP contribution in [0.1, 0.15) is 52.9 Å². The topological polar surface area (TPSA) is 23.8 Å². The van der Waals surface area contributed by atoms with E-state index in [1.54, 1.807) is 0 Å². The van der Waals surface area contributed by atoms with Gasteiger partial charge in [0.25, 0.3) is 0 Å². The van der Waals surface area contributed by atoms with E-state index >= 15 is 0 Å². The summed E-state index contributed by atoms with van der Waals surface area (Å²) >= 11 is 0. The molecule has 0 heterocycles. The Balaban J connectivity index is 0.000000354. The van der Waals surface area contributed by atoms with Crippen LogP contribution in [0.15, 0.2) is 0 Å². The molecular weight excluding hydrogens is 146 g/mol. The van der Waals surface area contributed by atoms with Gasteiger partial charge < -0.3 is 0 Å². The fourth-order valence-corrected chi connectivity index (χ4v) is 1.39. The number of rotatable bonds is 0. The van der Waals surface area contributed by atoms with Crippen molar-refractivity contribution >= 4 is 0 Å². The molecule has 0 saturated heterocycles. The van der Waals surface area contributed by atoms with Gasteiger partial charge in [-0.1, -0.05) is 27.2 Å². The number of nitrogens with zero attached hydrogens (tertiary/aromatic N) is 1. The average molecular weight is 167 g/mol. The van der Waals surface area contributed by atoms with Crippen molar-refractivity contribution in [2.45, 2.75) is 52.9 Å². The van der Waals surface area contributed by atoms with Gasteiger partial charge in [-0.15, -0.1) is 0 Å². The average Bonchev–Trinajstić information content (AvgIpc) is 2.07. The first kappa shape index (κ1) is 11.5. The maximum Gasteiger partial charge on any atom is 0.0655 e. The van der Waals surface area contributed by atoms with Gasteiger partial charge in [0.1, 0.15) is 0 Å². The molecule has 0 N–H and O–H groups in total. The van der Waals surface area contributed by atoms with Crippen LogP contribution in [0.3, 0.4) is 0 Å². The first-order chi connectivity index (χ1) is 5.74. The second kappa shape index (κ2) is 7.16. The quantitative estimate of drug-likeness (QED) is 0.539. The van der Waals surface area contributed by atoms with E-state index in [0.29, 0.717) is 5.92 Å². The zero-order chi connectivity index (χ0) is 9.40. The lowest BCUT2D eigenvalue weighted by molar-refractivity contribution is 0.336. The highest BCUT2D eigenvalue weighted by Crippen LogP contribution is 2.27. The van der Waals surface area contributed by atoms with Crippen LogP contribution in [-0.4, -0.2) is 0 Å². The van der Waals surface area contributed by atoms with E-state index in [0.717, 1.165) is 18.8 Å². The SMILES string of the molecule is CC1CCC(C#N)CC1.CCC. The van der Waals surface area contributed by atoms with Gasteiger partial charge >= 0.3 is 0 Å². The molecule has 1 fully saturated rings. The van der Waals surface area contributed by atoms with Gasteiger partial charge in [0.15, 0.2) is 0 Å². The Morgan fingerprint density at radius 1 is 1.17 bits per heavy atom. The molecule has 0 amide bonds. The van der Waals surface area contributed by atoms with E-state index in [9.17, 15) is 0 Å². The Kier molecular flexibility index (Phi) is 6.85. The highest BCUT2D eigenvalue weighted by atomic mass is 14.3. The highest BCUT2D eigenvalue weighted by molar-refractivity contribution is 4.85. The normalized spacial score (nSPS) is 28.2. The van der Waals surface area contributed by atoms with Crippen molar-refractivity contribution < 1.29 is 0 Å². The van der Waals surface area contributed by atoms with Gasteiger partial charge in [-0.2, -0.15) is 5.26 Å². The third-order valence-corrected chi connectivity index (χ3v) is 2.20. The van der Waals surface area contributed by atoms with Crippen molar-refractivity contribution in [2.75, 3.05) is 0 Å². The van der Waals surface area contributed by atoms with Crippen molar-refractivity contribution in [3.63, 3.8) is 0 Å². The summed E-state index contributed by atoms with van der Waals surface area (Å²) in [4.78, 5) is 0. The number of hydrogen-bond donors (Lipinski definition) is 0. The molecule has 0 aromatic heterocycles. The van der Waals surface area contributed by atoms with Crippen LogP contribution < -0.4 is 0 Å². The molecule has 12 heavy (non-hydrogen) atoms.